The van der Waals surface area contributed by atoms with E-state index in [2.05, 4.69) is 21.8 Å². The van der Waals surface area contributed by atoms with Gasteiger partial charge in [-0.05, 0) is 25.1 Å². The number of halogens is 1. The van der Waals surface area contributed by atoms with Crippen molar-refractivity contribution in [3.05, 3.63) is 52.6 Å². The highest BCUT2D eigenvalue weighted by molar-refractivity contribution is 7.10. The van der Waals surface area contributed by atoms with Crippen molar-refractivity contribution in [1.29, 1.82) is 5.41 Å². The molecule has 0 saturated carbocycles. The summed E-state index contributed by atoms with van der Waals surface area (Å²) in [6.07, 6.45) is 5.75. The predicted molar refractivity (Wildman–Crippen MR) is 88.9 cm³/mol. The summed E-state index contributed by atoms with van der Waals surface area (Å²) in [5, 5.41) is 10.9. The summed E-state index contributed by atoms with van der Waals surface area (Å²) in [5.74, 6) is 0.247. The van der Waals surface area contributed by atoms with Crippen LogP contribution in [0.25, 0.3) is 10.9 Å². The first-order chi connectivity index (χ1) is 9.78. The Morgan fingerprint density at radius 2 is 2.29 bits per heavy atom. The maximum Gasteiger partial charge on any atom is 0.214 e. The first-order valence-corrected chi connectivity index (χ1v) is 7.34. The van der Waals surface area contributed by atoms with E-state index in [0.29, 0.717) is 6.61 Å². The van der Waals surface area contributed by atoms with Gasteiger partial charge in [0.15, 0.2) is 0 Å². The van der Waals surface area contributed by atoms with Crippen LogP contribution in [0.15, 0.2) is 42.2 Å². The summed E-state index contributed by atoms with van der Waals surface area (Å²) in [5.41, 5.74) is 2.03. The lowest BCUT2D eigenvalue weighted by Gasteiger charge is -2.03. The fourth-order valence-electron chi connectivity index (χ4n) is 2.16. The van der Waals surface area contributed by atoms with Crippen molar-refractivity contribution in [2.45, 2.75) is 13.5 Å². The Kier molecular flexibility index (Phi) is 4.98. The zero-order valence-corrected chi connectivity index (χ0v) is 13.2. The van der Waals surface area contributed by atoms with E-state index in [1.54, 1.807) is 11.3 Å². The molecular weight excluding hydrogens is 306 g/mol. The molecule has 6 heteroatoms. The van der Waals surface area contributed by atoms with Gasteiger partial charge in [0.05, 0.1) is 18.7 Å². The lowest BCUT2D eigenvalue weighted by atomic mass is 10.3. The van der Waals surface area contributed by atoms with Gasteiger partial charge in [0.25, 0.3) is 0 Å². The molecule has 21 heavy (non-hydrogen) atoms. The molecule has 1 N–H and O–H groups in total. The normalized spacial score (nSPS) is 10.3. The molecule has 110 valence electrons. The number of aromatic nitrogens is 2. The minimum absolute atomic E-state index is 0. The van der Waals surface area contributed by atoms with Crippen LogP contribution in [0.3, 0.4) is 0 Å². The molecule has 0 bridgehead atoms. The van der Waals surface area contributed by atoms with Gasteiger partial charge in [-0.15, -0.1) is 23.7 Å². The standard InChI is InChI=1S/C15H15N3OS.ClH/c1-2-19-15(16)12-7-13(20-10-12)9-18-6-4-11-8-17-5-3-14(11)18;/h3-8,10,16H,2,9H2,1H3;1H. The largest absolute Gasteiger partial charge is 0.478 e. The van der Waals surface area contributed by atoms with Gasteiger partial charge in [-0.3, -0.25) is 10.4 Å². The number of rotatable bonds is 4. The first kappa shape index (κ1) is 15.5. The third kappa shape index (κ3) is 3.25. The van der Waals surface area contributed by atoms with Crippen LogP contribution < -0.4 is 0 Å². The van der Waals surface area contributed by atoms with Crippen LogP contribution in [0.2, 0.25) is 0 Å². The van der Waals surface area contributed by atoms with E-state index >= 15 is 0 Å². The Bertz CT molecular complexity index is 750. The fraction of sp³-hybridized carbons (Fsp3) is 0.200. The molecule has 0 fully saturated rings. The number of hydrogen-bond donors (Lipinski definition) is 1. The fourth-order valence-corrected chi connectivity index (χ4v) is 3.02. The maximum absolute atomic E-state index is 7.79. The highest BCUT2D eigenvalue weighted by Crippen LogP contribution is 2.20. The summed E-state index contributed by atoms with van der Waals surface area (Å²) < 4.78 is 7.41. The monoisotopic (exact) mass is 321 g/mol. The van der Waals surface area contributed by atoms with Crippen molar-refractivity contribution in [2.75, 3.05) is 6.61 Å². The summed E-state index contributed by atoms with van der Waals surface area (Å²) in [6.45, 7) is 3.22. The molecule has 3 aromatic rings. The Hall–Kier alpha value is -1.85. The molecular formula is C15H16ClN3OS. The van der Waals surface area contributed by atoms with Crippen LogP contribution in [0.4, 0.5) is 0 Å². The van der Waals surface area contributed by atoms with E-state index in [1.165, 1.54) is 10.4 Å². The lowest BCUT2D eigenvalue weighted by Crippen LogP contribution is -2.03. The van der Waals surface area contributed by atoms with E-state index in [1.807, 2.05) is 36.8 Å². The highest BCUT2D eigenvalue weighted by Gasteiger charge is 2.07. The van der Waals surface area contributed by atoms with E-state index in [4.69, 9.17) is 10.1 Å². The molecule has 3 rings (SSSR count). The summed E-state index contributed by atoms with van der Waals surface area (Å²) in [7, 11) is 0. The van der Waals surface area contributed by atoms with E-state index < -0.39 is 0 Å². The Labute approximate surface area is 133 Å². The van der Waals surface area contributed by atoms with Crippen molar-refractivity contribution in [3.63, 3.8) is 0 Å². The number of thiophene rings is 1. The van der Waals surface area contributed by atoms with Crippen LogP contribution in [-0.2, 0) is 11.3 Å². The Morgan fingerprint density at radius 1 is 1.43 bits per heavy atom. The molecule has 0 aliphatic carbocycles. The molecule has 0 radical (unpaired) electrons. The average molecular weight is 322 g/mol. The molecule has 4 nitrogen and oxygen atoms in total. The van der Waals surface area contributed by atoms with E-state index in [-0.39, 0.29) is 18.3 Å². The lowest BCUT2D eigenvalue weighted by molar-refractivity contribution is 0.326. The quantitative estimate of drug-likeness (QED) is 0.584. The molecule has 0 spiro atoms. The second-order valence-corrected chi connectivity index (χ2v) is 5.44. The molecule has 0 aromatic carbocycles. The summed E-state index contributed by atoms with van der Waals surface area (Å²) in [6, 6.07) is 6.11. The molecule has 0 amide bonds. The second kappa shape index (κ2) is 6.74. The highest BCUT2D eigenvalue weighted by atomic mass is 35.5. The van der Waals surface area contributed by atoms with Gasteiger partial charge in [-0.2, -0.15) is 0 Å². The third-order valence-electron chi connectivity index (χ3n) is 3.10. The van der Waals surface area contributed by atoms with Crippen LogP contribution in [0.1, 0.15) is 17.4 Å². The molecule has 0 aliphatic heterocycles. The number of pyridine rings is 1. The number of nitrogens with zero attached hydrogens (tertiary/aromatic N) is 2. The number of nitrogens with one attached hydrogen (secondary N) is 1. The van der Waals surface area contributed by atoms with Crippen molar-refractivity contribution >= 4 is 40.5 Å². The van der Waals surface area contributed by atoms with Crippen LogP contribution in [0, 0.1) is 5.41 Å². The summed E-state index contributed by atoms with van der Waals surface area (Å²) >= 11 is 1.65. The number of hydrogen-bond acceptors (Lipinski definition) is 4. The molecule has 0 saturated heterocycles. The first-order valence-electron chi connectivity index (χ1n) is 6.46. The maximum atomic E-state index is 7.79. The van der Waals surface area contributed by atoms with Crippen LogP contribution >= 0.6 is 23.7 Å². The zero-order valence-electron chi connectivity index (χ0n) is 11.6. The van der Waals surface area contributed by atoms with Crippen molar-refractivity contribution < 1.29 is 4.74 Å². The molecule has 0 unspecified atom stereocenters. The van der Waals surface area contributed by atoms with Gasteiger partial charge in [0, 0.05) is 39.8 Å². The van der Waals surface area contributed by atoms with Crippen molar-refractivity contribution in [1.82, 2.24) is 9.55 Å². The Morgan fingerprint density at radius 3 is 3.10 bits per heavy atom. The predicted octanol–water partition coefficient (Wildman–Crippen LogP) is 3.93. The van der Waals surface area contributed by atoms with E-state index in [9.17, 15) is 0 Å². The van der Waals surface area contributed by atoms with Crippen molar-refractivity contribution in [3.8, 4) is 0 Å². The van der Waals surface area contributed by atoms with Gasteiger partial charge >= 0.3 is 0 Å². The molecule has 0 aliphatic rings. The summed E-state index contributed by atoms with van der Waals surface area (Å²) in [4.78, 5) is 5.33. The number of fused-ring (bicyclic) bond motifs is 1. The molecule has 0 atom stereocenters. The second-order valence-electron chi connectivity index (χ2n) is 4.44. The van der Waals surface area contributed by atoms with Crippen LogP contribution in [-0.4, -0.2) is 22.1 Å². The van der Waals surface area contributed by atoms with Gasteiger partial charge in [-0.1, -0.05) is 0 Å². The zero-order chi connectivity index (χ0) is 13.9. The smallest absolute Gasteiger partial charge is 0.214 e. The van der Waals surface area contributed by atoms with Crippen molar-refractivity contribution in [2.24, 2.45) is 0 Å². The van der Waals surface area contributed by atoms with E-state index in [0.717, 1.165) is 17.5 Å². The minimum Gasteiger partial charge on any atom is -0.478 e. The Balaban J connectivity index is 0.00000161. The van der Waals surface area contributed by atoms with Gasteiger partial charge in [0.2, 0.25) is 5.90 Å². The van der Waals surface area contributed by atoms with Gasteiger partial charge in [0.1, 0.15) is 0 Å². The molecule has 3 heterocycles. The average Bonchev–Trinajstić information content (AvgIpc) is 3.08. The van der Waals surface area contributed by atoms with Gasteiger partial charge < -0.3 is 9.30 Å². The van der Waals surface area contributed by atoms with Crippen LogP contribution in [0.5, 0.6) is 0 Å². The number of ether oxygens (including phenoxy) is 1. The minimum atomic E-state index is 0. The third-order valence-corrected chi connectivity index (χ3v) is 4.02. The molecule has 3 aromatic heterocycles. The topological polar surface area (TPSA) is 50.9 Å². The SMILES string of the molecule is CCOC(=N)c1csc(Cn2ccc3cnccc32)c1.Cl. The van der Waals surface area contributed by atoms with Gasteiger partial charge in [-0.25, -0.2) is 0 Å².